The van der Waals surface area contributed by atoms with E-state index in [0.29, 0.717) is 10.9 Å². The largest absolute Gasteiger partial charge is 0.475 e. The van der Waals surface area contributed by atoms with E-state index in [1.54, 1.807) is 76.6 Å². The van der Waals surface area contributed by atoms with Gasteiger partial charge in [-0.15, -0.1) is 0 Å². The predicted molar refractivity (Wildman–Crippen MR) is 188 cm³/mol. The predicted octanol–water partition coefficient (Wildman–Crippen LogP) is 1.86. The van der Waals surface area contributed by atoms with Crippen LogP contribution in [0.3, 0.4) is 0 Å². The van der Waals surface area contributed by atoms with Gasteiger partial charge < -0.3 is 62.3 Å². The zero-order valence-electron chi connectivity index (χ0n) is 29.8. The Morgan fingerprint density at radius 2 is 0.725 bits per heavy atom. The summed E-state index contributed by atoms with van der Waals surface area (Å²) in [5.74, 6) is -0.0765. The van der Waals surface area contributed by atoms with Crippen LogP contribution in [-0.4, -0.2) is 95.0 Å². The molecule has 8 bridgehead atoms. The summed E-state index contributed by atoms with van der Waals surface area (Å²) < 4.78 is 101. The molecule has 4 radical (unpaired) electrons. The third kappa shape index (κ3) is 9.89. The van der Waals surface area contributed by atoms with Crippen LogP contribution in [0.2, 0.25) is 52.4 Å². The molecule has 0 aromatic heterocycles. The molecular formula is C23H38O16Si10Y2. The monoisotopic (exact) mass is 1030 g/mol. The van der Waals surface area contributed by atoms with Gasteiger partial charge >= 0.3 is 95.0 Å². The van der Waals surface area contributed by atoms with Crippen molar-refractivity contribution in [2.24, 2.45) is 0 Å². The van der Waals surface area contributed by atoms with E-state index in [1.807, 2.05) is 31.2 Å². The van der Waals surface area contributed by atoms with Crippen LogP contribution in [0, 0.1) is 6.92 Å². The molecule has 0 N–H and O–H groups in total. The standard InChI is InChI=1S/C23H38O16Si10.2Y/c1-19-11-15-22(16-12-19)40-26-42(3)30-46(7)34-44(5)28-41(23-17-13-21(14-18-23)25-20(2)24)29-45(6)36-48(9,38-46)32-43(4,27-40)33-49(10,37-45)39-47(8,31-42)35-44;;/h11-18H,1-10H3;;. The minimum atomic E-state index is -3.94. The SMILES string of the molecule is CC(=O)Oc1ccc([Si]2O[Si]3(C)O[Si]4(C)O[Si]5(C)O[Si](c6ccc(C)cc6)O[Si]6(C)O[Si](C)(O[Si](C)(O2)O[Si](C)(O6)O[Si](C)(O5)O3)O4)cc1.[Y].[Y]. The molecule has 2 aromatic rings. The molecule has 16 nitrogen and oxygen atoms in total. The summed E-state index contributed by atoms with van der Waals surface area (Å²) in [5, 5.41) is 1.44. The van der Waals surface area contributed by atoms with Crippen molar-refractivity contribution in [3.8, 4) is 5.75 Å². The first-order valence-corrected chi connectivity index (χ1v) is 35.9. The Hall–Kier alpha value is 1.73. The van der Waals surface area contributed by atoms with Gasteiger partial charge in [0.15, 0.2) is 0 Å². The van der Waals surface area contributed by atoms with Crippen LogP contribution in [0.25, 0.3) is 0 Å². The molecule has 272 valence electrons. The van der Waals surface area contributed by atoms with Crippen LogP contribution in [0.15, 0.2) is 48.5 Å². The molecule has 0 spiro atoms. The van der Waals surface area contributed by atoms with Crippen LogP contribution in [0.4, 0.5) is 0 Å². The molecule has 6 heterocycles. The molecule has 4 atom stereocenters. The fraction of sp³-hybridized carbons (Fsp3) is 0.435. The maximum absolute atomic E-state index is 11.6. The van der Waals surface area contributed by atoms with Crippen LogP contribution in [-0.2, 0) is 128 Å². The van der Waals surface area contributed by atoms with Crippen molar-refractivity contribution >= 4 is 105 Å². The molecule has 6 fully saturated rings. The first kappa shape index (κ1) is 43.8. The molecule has 6 aliphatic rings. The van der Waals surface area contributed by atoms with Gasteiger partial charge in [0.2, 0.25) is 0 Å². The normalized spacial score (nSPS) is 42.6. The van der Waals surface area contributed by atoms with Crippen LogP contribution in [0.1, 0.15) is 12.5 Å². The van der Waals surface area contributed by atoms with E-state index in [9.17, 15) is 4.79 Å². The van der Waals surface area contributed by atoms with Gasteiger partial charge in [-0.2, -0.15) is 0 Å². The molecule has 0 aliphatic carbocycles. The van der Waals surface area contributed by atoms with Crippen molar-refractivity contribution < 1.29 is 133 Å². The second-order valence-electron chi connectivity index (χ2n) is 12.9. The van der Waals surface area contributed by atoms with Gasteiger partial charge in [-0.05, 0) is 29.4 Å². The summed E-state index contributed by atoms with van der Waals surface area (Å²) in [5.41, 5.74) is 1.07. The Balaban J connectivity index is 0.00000252. The van der Waals surface area contributed by atoms with Crippen molar-refractivity contribution in [1.82, 2.24) is 0 Å². The number of fused-ring (bicyclic) bond motifs is 4. The number of hydrogen-bond donors (Lipinski definition) is 0. The van der Waals surface area contributed by atoms with Gasteiger partial charge in [-0.25, -0.2) is 0 Å². The summed E-state index contributed by atoms with van der Waals surface area (Å²) in [6, 6.07) is 14.7. The maximum Gasteiger partial charge on any atom is 0.475 e. The van der Waals surface area contributed by atoms with Gasteiger partial charge in [0, 0.05) is 125 Å². The van der Waals surface area contributed by atoms with Crippen LogP contribution >= 0.6 is 0 Å². The van der Waals surface area contributed by atoms with Gasteiger partial charge in [0.05, 0.1) is 0 Å². The third-order valence-corrected chi connectivity index (χ3v) is 47.6. The van der Waals surface area contributed by atoms with Crippen LogP contribution < -0.4 is 15.1 Å². The number of carbonyl (C=O) groups excluding carboxylic acids is 1. The maximum atomic E-state index is 11.6. The number of ether oxygens (including phenoxy) is 1. The van der Waals surface area contributed by atoms with E-state index in [-0.39, 0.29) is 65.4 Å². The first-order chi connectivity index (χ1) is 22.6. The zero-order chi connectivity index (χ0) is 35.3. The van der Waals surface area contributed by atoms with Crippen molar-refractivity contribution in [2.75, 3.05) is 0 Å². The Kier molecular flexibility index (Phi) is 13.0. The molecule has 51 heavy (non-hydrogen) atoms. The van der Waals surface area contributed by atoms with Crippen molar-refractivity contribution in [2.45, 2.75) is 66.2 Å². The Morgan fingerprint density at radius 3 is 1.00 bits per heavy atom. The number of esters is 1. The van der Waals surface area contributed by atoms with E-state index in [4.69, 9.17) is 62.3 Å². The quantitative estimate of drug-likeness (QED) is 0.250. The number of rotatable bonds is 3. The number of benzene rings is 2. The number of aryl methyl sites for hydroxylation is 1. The van der Waals surface area contributed by atoms with E-state index < -0.39 is 95.0 Å². The Morgan fingerprint density at radius 1 is 0.471 bits per heavy atom. The van der Waals surface area contributed by atoms with E-state index in [2.05, 4.69) is 0 Å². The molecule has 4 unspecified atom stereocenters. The second-order valence-corrected chi connectivity index (χ2v) is 40.4. The minimum Gasteiger partial charge on any atom is -0.427 e. The Labute approximate surface area is 360 Å². The number of carbonyl (C=O) groups is 1. The van der Waals surface area contributed by atoms with Gasteiger partial charge in [-0.1, -0.05) is 42.0 Å². The van der Waals surface area contributed by atoms with E-state index in [1.165, 1.54) is 6.92 Å². The van der Waals surface area contributed by atoms with E-state index >= 15 is 0 Å². The first-order valence-electron chi connectivity index (χ1n) is 15.5. The fourth-order valence-corrected chi connectivity index (χ4v) is 55.5. The van der Waals surface area contributed by atoms with Crippen molar-refractivity contribution in [3.63, 3.8) is 0 Å². The van der Waals surface area contributed by atoms with Crippen LogP contribution in [0.5, 0.6) is 5.75 Å². The summed E-state index contributed by atoms with van der Waals surface area (Å²) >= 11 is 0. The second kappa shape index (κ2) is 15.2. The topological polar surface area (TPSA) is 156 Å². The van der Waals surface area contributed by atoms with Gasteiger partial charge in [0.1, 0.15) is 5.75 Å². The third-order valence-electron chi connectivity index (χ3n) is 7.46. The summed E-state index contributed by atoms with van der Waals surface area (Å²) in [4.78, 5) is 11.6. The molecule has 2 aromatic carbocycles. The van der Waals surface area contributed by atoms with Crippen molar-refractivity contribution in [3.05, 3.63) is 54.1 Å². The molecule has 0 amide bonds. The minimum absolute atomic E-state index is 0. The summed E-state index contributed by atoms with van der Waals surface area (Å²) in [7, 11) is -36.1. The molecule has 6 aliphatic heterocycles. The van der Waals surface area contributed by atoms with Gasteiger partial charge in [-0.3, -0.25) is 4.79 Å². The zero-order valence-corrected chi connectivity index (χ0v) is 45.5. The Bertz CT molecular complexity index is 1530. The molecule has 8 rings (SSSR count). The average Bonchev–Trinajstić information content (AvgIpc) is 2.87. The van der Waals surface area contributed by atoms with E-state index in [0.717, 1.165) is 10.8 Å². The molecule has 0 saturated carbocycles. The summed E-state index contributed by atoms with van der Waals surface area (Å²) in [6.45, 7) is 17.2. The summed E-state index contributed by atoms with van der Waals surface area (Å²) in [6.07, 6.45) is 0. The van der Waals surface area contributed by atoms with Crippen molar-refractivity contribution in [1.29, 1.82) is 0 Å². The molecular weight excluding hydrogens is 991 g/mol. The van der Waals surface area contributed by atoms with Gasteiger partial charge in [0.25, 0.3) is 0 Å². The average molecular weight is 1030 g/mol. The number of hydrogen-bond acceptors (Lipinski definition) is 16. The molecule has 6 saturated heterocycles. The molecule has 28 heteroatoms. The smallest absolute Gasteiger partial charge is 0.427 e. The fourth-order valence-electron chi connectivity index (χ4n) is 6.33.